The van der Waals surface area contributed by atoms with E-state index in [1.807, 2.05) is 0 Å². The summed E-state index contributed by atoms with van der Waals surface area (Å²) in [6.45, 7) is 11.5. The van der Waals surface area contributed by atoms with Gasteiger partial charge in [-0.15, -0.1) is 0 Å². The van der Waals surface area contributed by atoms with Crippen molar-refractivity contribution < 1.29 is 4.74 Å². The molecule has 0 aromatic heterocycles. The molecule has 0 fully saturated rings. The van der Waals surface area contributed by atoms with E-state index in [1.54, 1.807) is 0 Å². The summed E-state index contributed by atoms with van der Waals surface area (Å²) in [6, 6.07) is 46.5. The van der Waals surface area contributed by atoms with Gasteiger partial charge >= 0.3 is 0 Å². The van der Waals surface area contributed by atoms with Gasteiger partial charge < -0.3 is 14.5 Å². The highest BCUT2D eigenvalue weighted by Crippen LogP contribution is 2.61. The lowest BCUT2D eigenvalue weighted by molar-refractivity contribution is 0.471. The predicted molar refractivity (Wildman–Crippen MR) is 190 cm³/mol. The van der Waals surface area contributed by atoms with Gasteiger partial charge in [-0.3, -0.25) is 0 Å². The molecule has 0 N–H and O–H groups in total. The molecular formula is C43H36N2O. The van der Waals surface area contributed by atoms with Crippen LogP contribution in [0.4, 0.5) is 34.1 Å². The quantitative estimate of drug-likeness (QED) is 0.202. The summed E-state index contributed by atoms with van der Waals surface area (Å²) in [5.41, 5.74) is 15.7. The highest BCUT2D eigenvalue weighted by atomic mass is 16.5. The lowest BCUT2D eigenvalue weighted by Crippen LogP contribution is -2.32. The maximum absolute atomic E-state index is 6.57. The van der Waals surface area contributed by atoms with Crippen LogP contribution in [0.15, 0.2) is 127 Å². The minimum Gasteiger partial charge on any atom is -0.453 e. The molecule has 6 aromatic carbocycles. The minimum absolute atomic E-state index is 0.0840. The highest BCUT2D eigenvalue weighted by molar-refractivity contribution is 5.96. The molecule has 0 atom stereocenters. The second kappa shape index (κ2) is 9.37. The number of anilines is 6. The Morgan fingerprint density at radius 3 is 1.96 bits per heavy atom. The molecule has 3 heteroatoms. The van der Waals surface area contributed by atoms with Gasteiger partial charge in [-0.25, -0.2) is 0 Å². The second-order valence-electron chi connectivity index (χ2n) is 13.9. The molecule has 0 bridgehead atoms. The van der Waals surface area contributed by atoms with E-state index in [4.69, 9.17) is 4.74 Å². The van der Waals surface area contributed by atoms with Crippen molar-refractivity contribution in [2.24, 2.45) is 0 Å². The number of aryl methyl sites for hydroxylation is 1. The molecule has 2 aliphatic heterocycles. The first-order valence-corrected chi connectivity index (χ1v) is 16.2. The van der Waals surface area contributed by atoms with Crippen molar-refractivity contribution in [3.63, 3.8) is 0 Å². The maximum atomic E-state index is 6.57. The smallest absolute Gasteiger partial charge is 0.151 e. The number of hydrogen-bond donors (Lipinski definition) is 0. The molecule has 0 unspecified atom stereocenters. The van der Waals surface area contributed by atoms with Gasteiger partial charge in [0.05, 0.1) is 17.1 Å². The molecular weight excluding hydrogens is 560 g/mol. The van der Waals surface area contributed by atoms with Crippen LogP contribution in [0.5, 0.6) is 11.5 Å². The SMILES string of the molecule is Cc1cccc2c1N1c3cc(N(c4ccccc4)c4ccc5c(c4)C(C)(C)c4ccccc4-5)ccc3C(C)(C)c3cccc(c31)O2. The van der Waals surface area contributed by atoms with Gasteiger partial charge in [0, 0.05) is 27.9 Å². The number of nitrogens with zero attached hydrogens (tertiary/aromatic N) is 2. The van der Waals surface area contributed by atoms with Crippen LogP contribution in [0.1, 0.15) is 55.5 Å². The molecule has 0 spiro atoms. The van der Waals surface area contributed by atoms with E-state index in [9.17, 15) is 0 Å². The number of fused-ring (bicyclic) bond motifs is 7. The number of benzene rings is 6. The predicted octanol–water partition coefficient (Wildman–Crippen LogP) is 12.0. The average molecular weight is 597 g/mol. The Morgan fingerprint density at radius 2 is 1.13 bits per heavy atom. The first-order chi connectivity index (χ1) is 22.2. The topological polar surface area (TPSA) is 15.7 Å². The Kier molecular flexibility index (Phi) is 5.51. The third-order valence-corrected chi connectivity index (χ3v) is 10.5. The third-order valence-electron chi connectivity index (χ3n) is 10.5. The van der Waals surface area contributed by atoms with Crippen LogP contribution in [0.3, 0.4) is 0 Å². The van der Waals surface area contributed by atoms with Crippen molar-refractivity contribution >= 4 is 34.1 Å². The number of ether oxygens (including phenoxy) is 1. The molecule has 6 aromatic rings. The average Bonchev–Trinajstić information content (AvgIpc) is 3.29. The summed E-state index contributed by atoms with van der Waals surface area (Å²) in [6.07, 6.45) is 0. The maximum Gasteiger partial charge on any atom is 0.151 e. The molecule has 3 aliphatic rings. The lowest BCUT2D eigenvalue weighted by atomic mass is 9.73. The van der Waals surface area contributed by atoms with Crippen LogP contribution in [0.25, 0.3) is 11.1 Å². The van der Waals surface area contributed by atoms with E-state index in [-0.39, 0.29) is 10.8 Å². The first-order valence-electron chi connectivity index (χ1n) is 16.2. The summed E-state index contributed by atoms with van der Waals surface area (Å²) in [4.78, 5) is 4.86. The molecule has 2 heterocycles. The van der Waals surface area contributed by atoms with Crippen LogP contribution in [-0.2, 0) is 10.8 Å². The molecule has 0 amide bonds. The summed E-state index contributed by atoms with van der Waals surface area (Å²) in [5, 5.41) is 0. The first kappa shape index (κ1) is 27.1. The summed E-state index contributed by atoms with van der Waals surface area (Å²) in [5.74, 6) is 1.79. The standard InChI is InChI=1S/C43H36N2O/c1-27-13-11-19-38-40(27)45-37-26-30(22-24-34(37)43(4,5)35-18-12-20-39(46-38)41(35)45)44(28-14-7-6-8-15-28)29-21-23-32-31-16-9-10-17-33(31)42(2,3)36(32)25-29/h6-26H,1-5H3. The summed E-state index contributed by atoms with van der Waals surface area (Å²) in [7, 11) is 0. The molecule has 3 nitrogen and oxygen atoms in total. The monoisotopic (exact) mass is 596 g/mol. The summed E-state index contributed by atoms with van der Waals surface area (Å²) >= 11 is 0. The molecule has 224 valence electrons. The normalized spacial score (nSPS) is 15.5. The Morgan fingerprint density at radius 1 is 0.500 bits per heavy atom. The molecule has 46 heavy (non-hydrogen) atoms. The fourth-order valence-electron chi connectivity index (χ4n) is 8.19. The van der Waals surface area contributed by atoms with Crippen molar-refractivity contribution in [3.05, 3.63) is 155 Å². The van der Waals surface area contributed by atoms with Gasteiger partial charge in [0.15, 0.2) is 11.5 Å². The number of hydrogen-bond acceptors (Lipinski definition) is 3. The molecule has 0 saturated heterocycles. The van der Waals surface area contributed by atoms with Gasteiger partial charge in [-0.2, -0.15) is 0 Å². The Hall–Kier alpha value is -5.28. The molecule has 1 aliphatic carbocycles. The van der Waals surface area contributed by atoms with Crippen LogP contribution >= 0.6 is 0 Å². The Balaban J connectivity index is 1.27. The molecule has 0 radical (unpaired) electrons. The Labute approximate surface area is 271 Å². The van der Waals surface area contributed by atoms with E-state index in [0.717, 1.165) is 39.9 Å². The van der Waals surface area contributed by atoms with Crippen LogP contribution in [-0.4, -0.2) is 0 Å². The zero-order valence-corrected chi connectivity index (χ0v) is 26.9. The van der Waals surface area contributed by atoms with Gasteiger partial charge in [-0.1, -0.05) is 107 Å². The Bertz CT molecular complexity index is 2210. The fourth-order valence-corrected chi connectivity index (χ4v) is 8.19. The van der Waals surface area contributed by atoms with E-state index in [2.05, 4.69) is 172 Å². The summed E-state index contributed by atoms with van der Waals surface area (Å²) < 4.78 is 6.57. The lowest BCUT2D eigenvalue weighted by Gasteiger charge is -2.45. The van der Waals surface area contributed by atoms with E-state index in [1.165, 1.54) is 44.6 Å². The van der Waals surface area contributed by atoms with Crippen LogP contribution < -0.4 is 14.5 Å². The van der Waals surface area contributed by atoms with Gasteiger partial charge in [0.25, 0.3) is 0 Å². The van der Waals surface area contributed by atoms with E-state index in [0.29, 0.717) is 0 Å². The minimum atomic E-state index is -0.208. The van der Waals surface area contributed by atoms with Gasteiger partial charge in [0.1, 0.15) is 0 Å². The second-order valence-corrected chi connectivity index (χ2v) is 13.9. The van der Waals surface area contributed by atoms with E-state index < -0.39 is 0 Å². The van der Waals surface area contributed by atoms with Crippen LogP contribution in [0.2, 0.25) is 0 Å². The van der Waals surface area contributed by atoms with Gasteiger partial charge in [-0.05, 0) is 94.4 Å². The van der Waals surface area contributed by atoms with Crippen LogP contribution in [0, 0.1) is 6.92 Å². The van der Waals surface area contributed by atoms with Crippen molar-refractivity contribution in [2.45, 2.75) is 45.4 Å². The number of rotatable bonds is 3. The van der Waals surface area contributed by atoms with E-state index >= 15 is 0 Å². The molecule has 0 saturated carbocycles. The zero-order chi connectivity index (χ0) is 31.4. The number of para-hydroxylation sites is 3. The third kappa shape index (κ3) is 3.60. The van der Waals surface area contributed by atoms with Gasteiger partial charge in [0.2, 0.25) is 0 Å². The largest absolute Gasteiger partial charge is 0.453 e. The van der Waals surface area contributed by atoms with Crippen molar-refractivity contribution in [3.8, 4) is 22.6 Å². The fraction of sp³-hybridized carbons (Fsp3) is 0.163. The van der Waals surface area contributed by atoms with Crippen molar-refractivity contribution in [1.29, 1.82) is 0 Å². The highest BCUT2D eigenvalue weighted by Gasteiger charge is 2.42. The molecule has 9 rings (SSSR count). The zero-order valence-electron chi connectivity index (χ0n) is 26.9. The van der Waals surface area contributed by atoms with Crippen molar-refractivity contribution in [2.75, 3.05) is 9.80 Å². The van der Waals surface area contributed by atoms with Crippen molar-refractivity contribution in [1.82, 2.24) is 0 Å².